The molecule has 1 aromatic heterocycles. The second-order valence-electron chi connectivity index (χ2n) is 6.22. The van der Waals surface area contributed by atoms with Gasteiger partial charge in [0.25, 0.3) is 0 Å². The number of aromatic nitrogens is 4. The summed E-state index contributed by atoms with van der Waals surface area (Å²) in [5.74, 6) is 2.47. The smallest absolute Gasteiger partial charge is 0.209 e. The molecule has 7 nitrogen and oxygen atoms in total. The fraction of sp³-hybridized carbons (Fsp3) is 0.350. The number of rotatable bonds is 11. The van der Waals surface area contributed by atoms with Gasteiger partial charge in [-0.1, -0.05) is 48.2 Å². The molecule has 0 aliphatic carbocycles. The Hall–Kier alpha value is -2.29. The second kappa shape index (κ2) is 12.3. The molecule has 0 bridgehead atoms. The van der Waals surface area contributed by atoms with Crippen molar-refractivity contribution >= 4 is 24.2 Å². The highest BCUT2D eigenvalue weighted by atomic mass is 35.5. The molecular formula is C20H26ClN5O2S. The first-order valence-corrected chi connectivity index (χ1v) is 10.1. The minimum Gasteiger partial charge on any atom is -0.493 e. The van der Waals surface area contributed by atoms with Crippen LogP contribution in [0.1, 0.15) is 17.5 Å². The van der Waals surface area contributed by atoms with E-state index in [2.05, 4.69) is 26.9 Å². The standard InChI is InChI=1S/C20H25N5O2S.ClH/c1-25-20(22-23-24-25)28-12-6-11-21-14-17-9-10-18(19(13-17)26-2)27-15-16-7-4-3-5-8-16;/h3-5,7-10,13,21H,6,11-12,14-15H2,1-2H3;1H. The Morgan fingerprint density at radius 2 is 1.90 bits per heavy atom. The van der Waals surface area contributed by atoms with Crippen LogP contribution in [0.25, 0.3) is 0 Å². The maximum Gasteiger partial charge on any atom is 0.209 e. The second-order valence-corrected chi connectivity index (χ2v) is 7.29. The van der Waals surface area contributed by atoms with E-state index in [9.17, 15) is 0 Å². The largest absolute Gasteiger partial charge is 0.493 e. The minimum atomic E-state index is 0. The summed E-state index contributed by atoms with van der Waals surface area (Å²) in [7, 11) is 3.52. The summed E-state index contributed by atoms with van der Waals surface area (Å²) >= 11 is 1.66. The van der Waals surface area contributed by atoms with E-state index in [0.717, 1.165) is 53.0 Å². The van der Waals surface area contributed by atoms with Crippen LogP contribution in [-0.4, -0.2) is 39.6 Å². The summed E-state index contributed by atoms with van der Waals surface area (Å²) in [5, 5.41) is 15.7. The zero-order chi connectivity index (χ0) is 19.6. The third kappa shape index (κ3) is 7.23. The van der Waals surface area contributed by atoms with Gasteiger partial charge in [0.2, 0.25) is 5.16 Å². The van der Waals surface area contributed by atoms with Gasteiger partial charge in [-0.05, 0) is 46.7 Å². The van der Waals surface area contributed by atoms with Gasteiger partial charge in [0, 0.05) is 19.3 Å². The molecule has 0 unspecified atom stereocenters. The first-order chi connectivity index (χ1) is 13.8. The lowest BCUT2D eigenvalue weighted by molar-refractivity contribution is 0.284. The Morgan fingerprint density at radius 3 is 2.62 bits per heavy atom. The quantitative estimate of drug-likeness (QED) is 0.365. The van der Waals surface area contributed by atoms with Gasteiger partial charge >= 0.3 is 0 Å². The monoisotopic (exact) mass is 435 g/mol. The van der Waals surface area contributed by atoms with E-state index in [0.29, 0.717) is 6.61 Å². The van der Waals surface area contributed by atoms with Gasteiger partial charge in [0.05, 0.1) is 7.11 Å². The Labute approximate surface area is 181 Å². The van der Waals surface area contributed by atoms with E-state index < -0.39 is 0 Å². The Morgan fingerprint density at radius 1 is 1.07 bits per heavy atom. The van der Waals surface area contributed by atoms with Crippen molar-refractivity contribution in [2.45, 2.75) is 24.7 Å². The van der Waals surface area contributed by atoms with Gasteiger partial charge < -0.3 is 14.8 Å². The van der Waals surface area contributed by atoms with E-state index in [4.69, 9.17) is 9.47 Å². The molecular weight excluding hydrogens is 410 g/mol. The van der Waals surface area contributed by atoms with Crippen LogP contribution in [-0.2, 0) is 20.2 Å². The molecule has 156 valence electrons. The molecule has 29 heavy (non-hydrogen) atoms. The van der Waals surface area contributed by atoms with Crippen molar-refractivity contribution in [1.29, 1.82) is 0 Å². The molecule has 1 heterocycles. The van der Waals surface area contributed by atoms with E-state index in [1.165, 1.54) is 0 Å². The summed E-state index contributed by atoms with van der Waals surface area (Å²) < 4.78 is 13.1. The highest BCUT2D eigenvalue weighted by Gasteiger charge is 2.07. The zero-order valence-electron chi connectivity index (χ0n) is 16.6. The van der Waals surface area contributed by atoms with Crippen LogP contribution in [0.2, 0.25) is 0 Å². The van der Waals surface area contributed by atoms with Gasteiger partial charge in [-0.15, -0.1) is 17.5 Å². The number of benzene rings is 2. The molecule has 0 atom stereocenters. The molecule has 0 amide bonds. The molecule has 0 radical (unpaired) electrons. The lowest BCUT2D eigenvalue weighted by Crippen LogP contribution is -2.15. The van der Waals surface area contributed by atoms with Gasteiger partial charge in [-0.25, -0.2) is 4.68 Å². The fourth-order valence-corrected chi connectivity index (χ4v) is 3.40. The van der Waals surface area contributed by atoms with Crippen LogP contribution in [0.4, 0.5) is 0 Å². The Bertz CT molecular complexity index is 863. The van der Waals surface area contributed by atoms with Crippen molar-refractivity contribution < 1.29 is 9.47 Å². The summed E-state index contributed by atoms with van der Waals surface area (Å²) in [6.07, 6.45) is 1.03. The number of nitrogens with one attached hydrogen (secondary N) is 1. The lowest BCUT2D eigenvalue weighted by Gasteiger charge is -2.13. The molecule has 3 aromatic rings. The predicted octanol–water partition coefficient (Wildman–Crippen LogP) is 3.49. The summed E-state index contributed by atoms with van der Waals surface area (Å²) in [6, 6.07) is 16.2. The van der Waals surface area contributed by atoms with E-state index in [-0.39, 0.29) is 12.4 Å². The first kappa shape index (κ1) is 23.0. The van der Waals surface area contributed by atoms with E-state index in [1.807, 2.05) is 49.5 Å². The molecule has 1 N–H and O–H groups in total. The average Bonchev–Trinajstić information content (AvgIpc) is 3.14. The van der Waals surface area contributed by atoms with Crippen LogP contribution in [0.15, 0.2) is 53.7 Å². The highest BCUT2D eigenvalue weighted by Crippen LogP contribution is 2.28. The van der Waals surface area contributed by atoms with Gasteiger partial charge in [0.15, 0.2) is 11.5 Å². The minimum absolute atomic E-state index is 0. The number of methoxy groups -OCH3 is 1. The normalized spacial score (nSPS) is 10.4. The molecule has 0 aliphatic rings. The van der Waals surface area contributed by atoms with Gasteiger partial charge in [-0.2, -0.15) is 0 Å². The van der Waals surface area contributed by atoms with Crippen molar-refractivity contribution in [2.75, 3.05) is 19.4 Å². The number of tetrazole rings is 1. The van der Waals surface area contributed by atoms with Crippen molar-refractivity contribution in [3.05, 3.63) is 59.7 Å². The van der Waals surface area contributed by atoms with Gasteiger partial charge in [-0.3, -0.25) is 0 Å². The summed E-state index contributed by atoms with van der Waals surface area (Å²) in [6.45, 7) is 2.23. The molecule has 0 aliphatic heterocycles. The molecule has 0 saturated heterocycles. The van der Waals surface area contributed by atoms with E-state index in [1.54, 1.807) is 23.6 Å². The maximum atomic E-state index is 5.91. The van der Waals surface area contributed by atoms with Crippen LogP contribution < -0.4 is 14.8 Å². The third-order valence-electron chi connectivity index (χ3n) is 4.10. The molecule has 0 fully saturated rings. The van der Waals surface area contributed by atoms with E-state index >= 15 is 0 Å². The molecule has 0 spiro atoms. The number of halogens is 1. The van der Waals surface area contributed by atoms with Crippen molar-refractivity contribution in [1.82, 2.24) is 25.5 Å². The first-order valence-electron chi connectivity index (χ1n) is 9.16. The van der Waals surface area contributed by atoms with Gasteiger partial charge in [0.1, 0.15) is 6.61 Å². The van der Waals surface area contributed by atoms with Crippen LogP contribution >= 0.6 is 24.2 Å². The molecule has 0 saturated carbocycles. The number of nitrogens with zero attached hydrogens (tertiary/aromatic N) is 4. The van der Waals surface area contributed by atoms with Crippen LogP contribution in [0, 0.1) is 0 Å². The number of aryl methyl sites for hydroxylation is 1. The summed E-state index contributed by atoms with van der Waals surface area (Å²) in [4.78, 5) is 0. The fourth-order valence-electron chi connectivity index (χ4n) is 2.61. The molecule has 2 aromatic carbocycles. The van der Waals surface area contributed by atoms with Crippen LogP contribution in [0.5, 0.6) is 11.5 Å². The van der Waals surface area contributed by atoms with Crippen LogP contribution in [0.3, 0.4) is 0 Å². The highest BCUT2D eigenvalue weighted by molar-refractivity contribution is 7.99. The number of thioether (sulfide) groups is 1. The maximum absolute atomic E-state index is 5.91. The summed E-state index contributed by atoms with van der Waals surface area (Å²) in [5.41, 5.74) is 2.29. The van der Waals surface area contributed by atoms with Crippen molar-refractivity contribution in [2.24, 2.45) is 7.05 Å². The van der Waals surface area contributed by atoms with Crippen molar-refractivity contribution in [3.8, 4) is 11.5 Å². The zero-order valence-corrected chi connectivity index (χ0v) is 18.2. The third-order valence-corrected chi connectivity index (χ3v) is 5.20. The SMILES string of the molecule is COc1cc(CNCCCSc2nnnn2C)ccc1OCc1ccccc1.Cl. The predicted molar refractivity (Wildman–Crippen MR) is 117 cm³/mol. The number of ether oxygens (including phenoxy) is 2. The average molecular weight is 436 g/mol. The lowest BCUT2D eigenvalue weighted by atomic mass is 10.2. The van der Waals surface area contributed by atoms with Crippen molar-refractivity contribution in [3.63, 3.8) is 0 Å². The molecule has 9 heteroatoms. The Kier molecular flexibility index (Phi) is 9.76. The number of hydrogen-bond acceptors (Lipinski definition) is 7. The number of hydrogen-bond donors (Lipinski definition) is 1. The molecule has 3 rings (SSSR count). The topological polar surface area (TPSA) is 74.1 Å². The Balaban J connectivity index is 0.00000300.